The van der Waals surface area contributed by atoms with Gasteiger partial charge in [-0.3, -0.25) is 9.36 Å². The molecule has 1 aromatic heterocycles. The van der Waals surface area contributed by atoms with Crippen LogP contribution in [0.2, 0.25) is 0 Å². The molecule has 3 heterocycles. The SMILES string of the molecule is O=C(c1cnc2n1CC(Br)=CO2)N1CCOCC1. The summed E-state index contributed by atoms with van der Waals surface area (Å²) in [4.78, 5) is 18.2. The van der Waals surface area contributed by atoms with Gasteiger partial charge in [-0.2, -0.15) is 0 Å². The zero-order valence-corrected chi connectivity index (χ0v) is 11.2. The second-order valence-corrected chi connectivity index (χ2v) is 5.12. The molecule has 2 aliphatic rings. The summed E-state index contributed by atoms with van der Waals surface area (Å²) in [5.41, 5.74) is 0.553. The van der Waals surface area contributed by atoms with Crippen LogP contribution in [0.4, 0.5) is 0 Å². The summed E-state index contributed by atoms with van der Waals surface area (Å²) in [6, 6.07) is 0.454. The highest BCUT2D eigenvalue weighted by atomic mass is 79.9. The van der Waals surface area contributed by atoms with Crippen LogP contribution in [0.25, 0.3) is 0 Å². The van der Waals surface area contributed by atoms with Gasteiger partial charge < -0.3 is 14.4 Å². The average molecular weight is 314 g/mol. The number of carbonyl (C=O) groups excluding carboxylic acids is 1. The maximum Gasteiger partial charge on any atom is 0.302 e. The molecule has 2 aliphatic heterocycles. The first-order chi connectivity index (χ1) is 8.75. The van der Waals surface area contributed by atoms with E-state index in [1.165, 1.54) is 0 Å². The van der Waals surface area contributed by atoms with E-state index in [4.69, 9.17) is 9.47 Å². The van der Waals surface area contributed by atoms with E-state index in [0.29, 0.717) is 44.6 Å². The van der Waals surface area contributed by atoms with E-state index in [2.05, 4.69) is 20.9 Å². The fourth-order valence-electron chi connectivity index (χ4n) is 2.01. The number of aromatic nitrogens is 2. The molecule has 3 rings (SSSR count). The van der Waals surface area contributed by atoms with Gasteiger partial charge in [0.05, 0.1) is 30.4 Å². The number of fused-ring (bicyclic) bond motifs is 1. The van der Waals surface area contributed by atoms with Gasteiger partial charge in [-0.1, -0.05) is 15.9 Å². The summed E-state index contributed by atoms with van der Waals surface area (Å²) in [6.45, 7) is 2.99. The molecule has 0 spiro atoms. The Kier molecular flexibility index (Phi) is 3.09. The number of imidazole rings is 1. The Morgan fingerprint density at radius 1 is 1.39 bits per heavy atom. The number of ether oxygens (including phenoxy) is 2. The number of halogens is 1. The normalized spacial score (nSPS) is 18.9. The standard InChI is InChI=1S/C11H12BrN3O3/c12-8-6-15-9(5-13-11(15)18-7-8)10(16)14-1-3-17-4-2-14/h5,7H,1-4,6H2. The molecular formula is C11H12BrN3O3. The first-order valence-corrected chi connectivity index (χ1v) is 6.49. The van der Waals surface area contributed by atoms with E-state index in [1.807, 2.05) is 0 Å². The Morgan fingerprint density at radius 3 is 2.94 bits per heavy atom. The molecule has 0 bridgehead atoms. The summed E-state index contributed by atoms with van der Waals surface area (Å²) in [5.74, 6) is -0.0251. The molecule has 0 radical (unpaired) electrons. The molecule has 0 aliphatic carbocycles. The Morgan fingerprint density at radius 2 is 2.17 bits per heavy atom. The third kappa shape index (κ3) is 2.04. The number of amides is 1. The molecule has 0 unspecified atom stereocenters. The maximum atomic E-state index is 12.4. The van der Waals surface area contributed by atoms with Gasteiger partial charge in [0, 0.05) is 13.1 Å². The van der Waals surface area contributed by atoms with Gasteiger partial charge in [0.25, 0.3) is 5.91 Å². The van der Waals surface area contributed by atoms with Crippen LogP contribution < -0.4 is 4.74 Å². The largest absolute Gasteiger partial charge is 0.433 e. The van der Waals surface area contributed by atoms with Crippen LogP contribution >= 0.6 is 15.9 Å². The van der Waals surface area contributed by atoms with Crippen molar-refractivity contribution in [3.63, 3.8) is 0 Å². The van der Waals surface area contributed by atoms with E-state index in [0.717, 1.165) is 4.48 Å². The van der Waals surface area contributed by atoms with Crippen LogP contribution in [0.3, 0.4) is 0 Å². The van der Waals surface area contributed by atoms with Crippen molar-refractivity contribution in [2.24, 2.45) is 0 Å². The van der Waals surface area contributed by atoms with Crippen molar-refractivity contribution in [3.05, 3.63) is 22.6 Å². The smallest absolute Gasteiger partial charge is 0.302 e. The van der Waals surface area contributed by atoms with E-state index >= 15 is 0 Å². The molecule has 1 amide bonds. The van der Waals surface area contributed by atoms with Crippen molar-refractivity contribution in [1.29, 1.82) is 0 Å². The van der Waals surface area contributed by atoms with Gasteiger partial charge in [-0.05, 0) is 0 Å². The first kappa shape index (κ1) is 11.7. The van der Waals surface area contributed by atoms with Crippen molar-refractivity contribution in [2.75, 3.05) is 26.3 Å². The van der Waals surface area contributed by atoms with Crippen molar-refractivity contribution in [1.82, 2.24) is 14.5 Å². The van der Waals surface area contributed by atoms with Crippen LogP contribution in [0.5, 0.6) is 6.01 Å². The number of allylic oxidation sites excluding steroid dienone is 1. The van der Waals surface area contributed by atoms with Crippen LogP contribution in [0.1, 0.15) is 10.5 Å². The third-order valence-electron chi connectivity index (χ3n) is 2.94. The molecule has 0 N–H and O–H groups in total. The van der Waals surface area contributed by atoms with E-state index in [9.17, 15) is 4.79 Å². The van der Waals surface area contributed by atoms with Gasteiger partial charge in [0.2, 0.25) is 0 Å². The van der Waals surface area contributed by atoms with E-state index in [-0.39, 0.29) is 5.91 Å². The van der Waals surface area contributed by atoms with Gasteiger partial charge in [-0.15, -0.1) is 0 Å². The van der Waals surface area contributed by atoms with Crippen molar-refractivity contribution in [2.45, 2.75) is 6.54 Å². The molecule has 6 nitrogen and oxygen atoms in total. The lowest BCUT2D eigenvalue weighted by Crippen LogP contribution is -2.41. The van der Waals surface area contributed by atoms with Gasteiger partial charge >= 0.3 is 6.01 Å². The van der Waals surface area contributed by atoms with Gasteiger partial charge in [0.15, 0.2) is 0 Å². The number of morpholine rings is 1. The molecule has 96 valence electrons. The number of hydrogen-bond donors (Lipinski definition) is 0. The Labute approximate surface area is 112 Å². The first-order valence-electron chi connectivity index (χ1n) is 5.69. The Balaban J connectivity index is 1.85. The molecule has 0 aromatic carbocycles. The average Bonchev–Trinajstić information content (AvgIpc) is 2.82. The minimum absolute atomic E-state index is 0.0251. The Bertz CT molecular complexity index is 506. The highest BCUT2D eigenvalue weighted by Gasteiger charge is 2.25. The van der Waals surface area contributed by atoms with Crippen LogP contribution in [0, 0.1) is 0 Å². The maximum absolute atomic E-state index is 12.4. The lowest BCUT2D eigenvalue weighted by atomic mass is 10.3. The van der Waals surface area contributed by atoms with Gasteiger partial charge in [-0.25, -0.2) is 4.98 Å². The van der Waals surface area contributed by atoms with Crippen LogP contribution in [-0.2, 0) is 11.3 Å². The Hall–Kier alpha value is -1.34. The summed E-state index contributed by atoms with van der Waals surface area (Å²) < 4.78 is 13.2. The highest BCUT2D eigenvalue weighted by Crippen LogP contribution is 2.24. The van der Waals surface area contributed by atoms with Crippen molar-refractivity contribution in [3.8, 4) is 6.01 Å². The fraction of sp³-hybridized carbons (Fsp3) is 0.455. The zero-order valence-electron chi connectivity index (χ0n) is 9.63. The number of nitrogens with zero attached hydrogens (tertiary/aromatic N) is 3. The number of carbonyl (C=O) groups is 1. The minimum Gasteiger partial charge on any atom is -0.433 e. The molecule has 7 heteroatoms. The van der Waals surface area contributed by atoms with Gasteiger partial charge in [0.1, 0.15) is 12.0 Å². The zero-order chi connectivity index (χ0) is 12.5. The summed E-state index contributed by atoms with van der Waals surface area (Å²) >= 11 is 3.36. The number of hydrogen-bond acceptors (Lipinski definition) is 4. The lowest BCUT2D eigenvalue weighted by Gasteiger charge is -2.27. The minimum atomic E-state index is -0.0251. The molecule has 18 heavy (non-hydrogen) atoms. The predicted molar refractivity (Wildman–Crippen MR) is 66.6 cm³/mol. The second kappa shape index (κ2) is 4.74. The summed E-state index contributed by atoms with van der Waals surface area (Å²) in [6.07, 6.45) is 3.15. The quantitative estimate of drug-likeness (QED) is 0.775. The van der Waals surface area contributed by atoms with E-state index < -0.39 is 0 Å². The fourth-order valence-corrected chi connectivity index (χ4v) is 2.35. The summed E-state index contributed by atoms with van der Waals surface area (Å²) in [5, 5.41) is 0. The molecule has 1 fully saturated rings. The van der Waals surface area contributed by atoms with Crippen LogP contribution in [0.15, 0.2) is 16.9 Å². The highest BCUT2D eigenvalue weighted by molar-refractivity contribution is 9.11. The lowest BCUT2D eigenvalue weighted by molar-refractivity contribution is 0.0295. The summed E-state index contributed by atoms with van der Waals surface area (Å²) in [7, 11) is 0. The number of rotatable bonds is 1. The third-order valence-corrected chi connectivity index (χ3v) is 3.38. The monoisotopic (exact) mass is 313 g/mol. The van der Waals surface area contributed by atoms with Crippen molar-refractivity contribution < 1.29 is 14.3 Å². The molecule has 1 saturated heterocycles. The topological polar surface area (TPSA) is 56.6 Å². The molecule has 0 saturated carbocycles. The molecular weight excluding hydrogens is 302 g/mol. The molecule has 1 aromatic rings. The van der Waals surface area contributed by atoms with E-state index in [1.54, 1.807) is 21.9 Å². The second-order valence-electron chi connectivity index (χ2n) is 4.10. The van der Waals surface area contributed by atoms with Crippen LogP contribution in [-0.4, -0.2) is 46.7 Å². The predicted octanol–water partition coefficient (Wildman–Crippen LogP) is 0.984. The van der Waals surface area contributed by atoms with Crippen molar-refractivity contribution >= 4 is 21.8 Å². The molecule has 0 atom stereocenters.